The highest BCUT2D eigenvalue weighted by atomic mass is 16.5. The fraction of sp³-hybridized carbons (Fsp3) is 0.533. The molecule has 1 aromatic carbocycles. The molecule has 0 amide bonds. The molecule has 1 fully saturated rings. The molecule has 0 bridgehead atoms. The summed E-state index contributed by atoms with van der Waals surface area (Å²) in [5.41, 5.74) is 1.24. The summed E-state index contributed by atoms with van der Waals surface area (Å²) >= 11 is 0. The van der Waals surface area contributed by atoms with Gasteiger partial charge in [0, 0.05) is 33.2 Å². The molecule has 1 atom stereocenters. The van der Waals surface area contributed by atoms with Gasteiger partial charge in [-0.3, -0.25) is 4.99 Å². The Balaban J connectivity index is 1.72. The van der Waals surface area contributed by atoms with E-state index >= 15 is 0 Å². The number of rotatable bonds is 4. The van der Waals surface area contributed by atoms with Crippen LogP contribution in [0, 0.1) is 0 Å². The minimum atomic E-state index is 0.226. The van der Waals surface area contributed by atoms with Gasteiger partial charge in [0.1, 0.15) is 0 Å². The molecule has 0 radical (unpaired) electrons. The number of aliphatic imine (C=N–C) groups is 1. The highest BCUT2D eigenvalue weighted by Crippen LogP contribution is 2.01. The van der Waals surface area contributed by atoms with Gasteiger partial charge in [0.2, 0.25) is 0 Å². The summed E-state index contributed by atoms with van der Waals surface area (Å²) in [6, 6.07) is 10.3. The van der Waals surface area contributed by atoms with Crippen molar-refractivity contribution in [2.24, 2.45) is 4.99 Å². The van der Waals surface area contributed by atoms with Gasteiger partial charge in [0.25, 0.3) is 0 Å². The SMILES string of the molecule is CN=C(NCc1ccccc1)NCC1CN(C)CCO1. The van der Waals surface area contributed by atoms with Gasteiger partial charge >= 0.3 is 0 Å². The second-order valence-corrected chi connectivity index (χ2v) is 5.05. The normalized spacial score (nSPS) is 20.7. The van der Waals surface area contributed by atoms with Gasteiger partial charge in [-0.25, -0.2) is 0 Å². The molecule has 2 N–H and O–H groups in total. The van der Waals surface area contributed by atoms with Gasteiger partial charge in [-0.05, 0) is 12.6 Å². The van der Waals surface area contributed by atoms with Crippen LogP contribution in [-0.4, -0.2) is 57.3 Å². The molecule has 5 heteroatoms. The van der Waals surface area contributed by atoms with E-state index in [0.717, 1.165) is 38.7 Å². The average molecular weight is 276 g/mol. The van der Waals surface area contributed by atoms with E-state index in [9.17, 15) is 0 Å². The molecular weight excluding hydrogens is 252 g/mol. The van der Waals surface area contributed by atoms with Crippen LogP contribution in [0.15, 0.2) is 35.3 Å². The molecule has 20 heavy (non-hydrogen) atoms. The van der Waals surface area contributed by atoms with Gasteiger partial charge in [0.15, 0.2) is 5.96 Å². The predicted octanol–water partition coefficient (Wildman–Crippen LogP) is 0.682. The molecule has 0 saturated carbocycles. The van der Waals surface area contributed by atoms with Crippen LogP contribution in [0.1, 0.15) is 5.56 Å². The van der Waals surface area contributed by atoms with E-state index in [1.807, 2.05) is 18.2 Å². The molecule has 1 saturated heterocycles. The Kier molecular flexibility index (Phi) is 5.83. The number of hydrogen-bond acceptors (Lipinski definition) is 3. The van der Waals surface area contributed by atoms with Gasteiger partial charge in [-0.2, -0.15) is 0 Å². The lowest BCUT2D eigenvalue weighted by molar-refractivity contribution is -0.0161. The van der Waals surface area contributed by atoms with Crippen molar-refractivity contribution in [3.8, 4) is 0 Å². The zero-order chi connectivity index (χ0) is 14.2. The molecule has 1 aromatic rings. The van der Waals surface area contributed by atoms with Crippen molar-refractivity contribution < 1.29 is 4.74 Å². The fourth-order valence-electron chi connectivity index (χ4n) is 2.20. The Morgan fingerprint density at radius 3 is 2.85 bits per heavy atom. The summed E-state index contributed by atoms with van der Waals surface area (Å²) in [7, 11) is 3.91. The number of guanidine groups is 1. The van der Waals surface area contributed by atoms with E-state index in [-0.39, 0.29) is 6.10 Å². The summed E-state index contributed by atoms with van der Waals surface area (Å²) < 4.78 is 5.72. The smallest absolute Gasteiger partial charge is 0.191 e. The van der Waals surface area contributed by atoms with Crippen LogP contribution < -0.4 is 10.6 Å². The third-order valence-electron chi connectivity index (χ3n) is 3.37. The number of morpholine rings is 1. The van der Waals surface area contributed by atoms with Gasteiger partial charge in [-0.15, -0.1) is 0 Å². The first-order valence-electron chi connectivity index (χ1n) is 7.06. The maximum atomic E-state index is 5.72. The lowest BCUT2D eigenvalue weighted by atomic mass is 10.2. The molecule has 0 aliphatic carbocycles. The Labute approximate surface area is 121 Å². The molecule has 1 aliphatic heterocycles. The van der Waals surface area contributed by atoms with Crippen molar-refractivity contribution in [2.75, 3.05) is 40.3 Å². The molecular formula is C15H24N4O. The molecule has 0 aromatic heterocycles. The van der Waals surface area contributed by atoms with Crippen molar-refractivity contribution in [3.05, 3.63) is 35.9 Å². The molecule has 2 rings (SSSR count). The van der Waals surface area contributed by atoms with E-state index in [4.69, 9.17) is 4.74 Å². The number of likely N-dealkylation sites (N-methyl/N-ethyl adjacent to an activating group) is 1. The zero-order valence-electron chi connectivity index (χ0n) is 12.3. The second-order valence-electron chi connectivity index (χ2n) is 5.05. The van der Waals surface area contributed by atoms with Crippen molar-refractivity contribution in [3.63, 3.8) is 0 Å². The minimum absolute atomic E-state index is 0.226. The lowest BCUT2D eigenvalue weighted by Crippen LogP contribution is -2.48. The number of nitrogens with one attached hydrogen (secondary N) is 2. The summed E-state index contributed by atoms with van der Waals surface area (Å²) in [6.07, 6.45) is 0.226. The van der Waals surface area contributed by atoms with Crippen molar-refractivity contribution >= 4 is 5.96 Å². The monoisotopic (exact) mass is 276 g/mol. The first-order valence-corrected chi connectivity index (χ1v) is 7.06. The Hall–Kier alpha value is -1.59. The van der Waals surface area contributed by atoms with Gasteiger partial charge in [0.05, 0.1) is 12.7 Å². The summed E-state index contributed by atoms with van der Waals surface area (Å²) in [4.78, 5) is 6.52. The van der Waals surface area contributed by atoms with Crippen LogP contribution in [0.4, 0.5) is 0 Å². The number of benzene rings is 1. The highest BCUT2D eigenvalue weighted by Gasteiger charge is 2.17. The average Bonchev–Trinajstić information content (AvgIpc) is 2.48. The fourth-order valence-corrected chi connectivity index (χ4v) is 2.20. The van der Waals surface area contributed by atoms with E-state index in [2.05, 4.69) is 39.7 Å². The number of nitrogens with zero attached hydrogens (tertiary/aromatic N) is 2. The predicted molar refractivity (Wildman–Crippen MR) is 81.9 cm³/mol. The Bertz CT molecular complexity index is 421. The van der Waals surface area contributed by atoms with Crippen LogP contribution in [0.5, 0.6) is 0 Å². The topological polar surface area (TPSA) is 48.9 Å². The maximum Gasteiger partial charge on any atom is 0.191 e. The van der Waals surface area contributed by atoms with Crippen molar-refractivity contribution in [2.45, 2.75) is 12.6 Å². The van der Waals surface area contributed by atoms with E-state index < -0.39 is 0 Å². The maximum absolute atomic E-state index is 5.72. The first kappa shape index (κ1) is 14.8. The van der Waals surface area contributed by atoms with E-state index in [1.165, 1.54) is 5.56 Å². The molecule has 1 aliphatic rings. The van der Waals surface area contributed by atoms with Crippen molar-refractivity contribution in [1.82, 2.24) is 15.5 Å². The highest BCUT2D eigenvalue weighted by molar-refractivity contribution is 5.79. The van der Waals surface area contributed by atoms with Gasteiger partial charge < -0.3 is 20.3 Å². The third-order valence-corrected chi connectivity index (χ3v) is 3.37. The standard InChI is InChI=1S/C15H24N4O/c1-16-15(17-10-13-6-4-3-5-7-13)18-11-14-12-19(2)8-9-20-14/h3-7,14H,8-12H2,1-2H3,(H2,16,17,18). The van der Waals surface area contributed by atoms with Crippen LogP contribution in [0.25, 0.3) is 0 Å². The molecule has 1 heterocycles. The largest absolute Gasteiger partial charge is 0.374 e. The second kappa shape index (κ2) is 7.87. The van der Waals surface area contributed by atoms with Crippen LogP contribution >= 0.6 is 0 Å². The lowest BCUT2D eigenvalue weighted by Gasteiger charge is -2.30. The molecule has 0 spiro atoms. The molecule has 110 valence electrons. The molecule has 1 unspecified atom stereocenters. The molecule has 5 nitrogen and oxygen atoms in total. The summed E-state index contributed by atoms with van der Waals surface area (Å²) in [5.74, 6) is 0.811. The van der Waals surface area contributed by atoms with Crippen LogP contribution in [0.3, 0.4) is 0 Å². The number of ether oxygens (including phenoxy) is 1. The quantitative estimate of drug-likeness (QED) is 0.627. The summed E-state index contributed by atoms with van der Waals surface area (Å²) in [5, 5.41) is 6.62. The van der Waals surface area contributed by atoms with Gasteiger partial charge in [-0.1, -0.05) is 30.3 Å². The Morgan fingerprint density at radius 1 is 1.35 bits per heavy atom. The third kappa shape index (κ3) is 4.83. The van der Waals surface area contributed by atoms with E-state index in [0.29, 0.717) is 0 Å². The van der Waals surface area contributed by atoms with Crippen LogP contribution in [0.2, 0.25) is 0 Å². The summed E-state index contributed by atoms with van der Waals surface area (Å²) in [6.45, 7) is 4.32. The first-order chi connectivity index (χ1) is 9.78. The van der Waals surface area contributed by atoms with Crippen LogP contribution in [-0.2, 0) is 11.3 Å². The van der Waals surface area contributed by atoms with E-state index in [1.54, 1.807) is 7.05 Å². The van der Waals surface area contributed by atoms with Crippen molar-refractivity contribution in [1.29, 1.82) is 0 Å². The Morgan fingerprint density at radius 2 is 2.15 bits per heavy atom. The number of hydrogen-bond donors (Lipinski definition) is 2. The zero-order valence-corrected chi connectivity index (χ0v) is 12.3. The minimum Gasteiger partial charge on any atom is -0.374 e.